The molecule has 1 amide bonds. The number of carbonyl (C=O) groups is 1. The minimum Gasteiger partial charge on any atom is -0.346 e. The molecule has 0 bridgehead atoms. The Labute approximate surface area is 132 Å². The number of aromatic nitrogens is 2. The van der Waals surface area contributed by atoms with Crippen LogP contribution in [0.15, 0.2) is 30.3 Å². The van der Waals surface area contributed by atoms with Crippen LogP contribution in [0.5, 0.6) is 0 Å². The van der Waals surface area contributed by atoms with Gasteiger partial charge in [0.2, 0.25) is 0 Å². The van der Waals surface area contributed by atoms with E-state index in [0.29, 0.717) is 11.6 Å². The zero-order valence-electron chi connectivity index (χ0n) is 14.3. The van der Waals surface area contributed by atoms with Crippen LogP contribution in [0.3, 0.4) is 0 Å². The minimum absolute atomic E-state index is 0.145. The highest BCUT2D eigenvalue weighted by atomic mass is 16.2. The van der Waals surface area contributed by atoms with Gasteiger partial charge in [-0.25, -0.2) is 4.68 Å². The molecule has 0 saturated carbocycles. The second kappa shape index (κ2) is 5.95. The number of nitrogens with one attached hydrogen (secondary N) is 1. The van der Waals surface area contributed by atoms with E-state index in [1.807, 2.05) is 50.6 Å². The molecule has 0 aliphatic heterocycles. The number of rotatable bonds is 3. The van der Waals surface area contributed by atoms with E-state index in [-0.39, 0.29) is 11.4 Å². The fourth-order valence-electron chi connectivity index (χ4n) is 2.25. The van der Waals surface area contributed by atoms with Gasteiger partial charge in [0.1, 0.15) is 0 Å². The first-order valence-electron chi connectivity index (χ1n) is 7.67. The van der Waals surface area contributed by atoms with E-state index in [9.17, 15) is 4.79 Å². The fraction of sp³-hybridized carbons (Fsp3) is 0.444. The topological polar surface area (TPSA) is 46.9 Å². The molecule has 1 heterocycles. The molecule has 4 nitrogen and oxygen atoms in total. The maximum Gasteiger partial charge on any atom is 0.272 e. The monoisotopic (exact) mass is 299 g/mol. The number of amides is 1. The van der Waals surface area contributed by atoms with Crippen LogP contribution >= 0.6 is 0 Å². The lowest BCUT2D eigenvalue weighted by atomic mass is 10.0. The summed E-state index contributed by atoms with van der Waals surface area (Å²) in [6.45, 7) is 12.2. The van der Waals surface area contributed by atoms with Gasteiger partial charge in [-0.1, -0.05) is 26.0 Å². The Morgan fingerprint density at radius 1 is 1.18 bits per heavy atom. The third-order valence-electron chi connectivity index (χ3n) is 3.41. The number of benzene rings is 1. The average molecular weight is 299 g/mol. The quantitative estimate of drug-likeness (QED) is 0.936. The van der Waals surface area contributed by atoms with Crippen molar-refractivity contribution in [2.45, 2.75) is 53.0 Å². The molecular weight excluding hydrogens is 274 g/mol. The van der Waals surface area contributed by atoms with E-state index >= 15 is 0 Å². The van der Waals surface area contributed by atoms with Gasteiger partial charge in [-0.05, 0) is 57.4 Å². The SMILES string of the molecule is Cc1cc(C(=O)NC(C)(C)C)nn1-c1ccc(C(C)C)cc1. The summed E-state index contributed by atoms with van der Waals surface area (Å²) in [6, 6.07) is 10.1. The second-order valence-corrected chi connectivity index (χ2v) is 7.03. The van der Waals surface area contributed by atoms with Crippen molar-refractivity contribution in [1.29, 1.82) is 0 Å². The molecule has 0 atom stereocenters. The third-order valence-corrected chi connectivity index (χ3v) is 3.41. The molecule has 0 fully saturated rings. The summed E-state index contributed by atoms with van der Waals surface area (Å²) in [4.78, 5) is 12.2. The smallest absolute Gasteiger partial charge is 0.272 e. The summed E-state index contributed by atoms with van der Waals surface area (Å²) >= 11 is 0. The van der Waals surface area contributed by atoms with Crippen molar-refractivity contribution >= 4 is 5.91 Å². The molecule has 22 heavy (non-hydrogen) atoms. The van der Waals surface area contributed by atoms with Crippen LogP contribution in [0, 0.1) is 6.92 Å². The number of aryl methyl sites for hydroxylation is 1. The molecule has 1 N–H and O–H groups in total. The van der Waals surface area contributed by atoms with Gasteiger partial charge < -0.3 is 5.32 Å². The number of hydrogen-bond donors (Lipinski definition) is 1. The first-order chi connectivity index (χ1) is 10.2. The molecule has 1 aromatic heterocycles. The lowest BCUT2D eigenvalue weighted by Gasteiger charge is -2.19. The normalized spacial score (nSPS) is 11.8. The second-order valence-electron chi connectivity index (χ2n) is 7.03. The van der Waals surface area contributed by atoms with Crippen LogP contribution in [0.4, 0.5) is 0 Å². The Balaban J connectivity index is 2.28. The Kier molecular flexibility index (Phi) is 4.40. The maximum atomic E-state index is 12.2. The summed E-state index contributed by atoms with van der Waals surface area (Å²) in [7, 11) is 0. The van der Waals surface area contributed by atoms with Crippen LogP contribution in [0.2, 0.25) is 0 Å². The average Bonchev–Trinajstić information content (AvgIpc) is 2.79. The van der Waals surface area contributed by atoms with Gasteiger partial charge in [-0.15, -0.1) is 0 Å². The van der Waals surface area contributed by atoms with Crippen molar-refractivity contribution in [2.75, 3.05) is 0 Å². The first kappa shape index (κ1) is 16.3. The largest absolute Gasteiger partial charge is 0.346 e. The number of carbonyl (C=O) groups excluding carboxylic acids is 1. The summed E-state index contributed by atoms with van der Waals surface area (Å²) in [5.74, 6) is 0.356. The van der Waals surface area contributed by atoms with Crippen LogP contribution in [0.1, 0.15) is 62.3 Å². The highest BCUT2D eigenvalue weighted by Crippen LogP contribution is 2.18. The lowest BCUT2D eigenvalue weighted by molar-refractivity contribution is 0.0914. The Morgan fingerprint density at radius 3 is 2.27 bits per heavy atom. The molecule has 0 unspecified atom stereocenters. The summed E-state index contributed by atoms with van der Waals surface area (Å²) in [6.07, 6.45) is 0. The third kappa shape index (κ3) is 3.75. The number of nitrogens with zero attached hydrogens (tertiary/aromatic N) is 2. The summed E-state index contributed by atoms with van der Waals surface area (Å²) in [5, 5.41) is 7.38. The van der Waals surface area contributed by atoms with Crippen molar-refractivity contribution in [3.8, 4) is 5.69 Å². The highest BCUT2D eigenvalue weighted by molar-refractivity contribution is 5.92. The van der Waals surface area contributed by atoms with Gasteiger partial charge in [0.25, 0.3) is 5.91 Å². The van der Waals surface area contributed by atoms with Crippen molar-refractivity contribution < 1.29 is 4.79 Å². The van der Waals surface area contributed by atoms with Crippen molar-refractivity contribution in [2.24, 2.45) is 0 Å². The minimum atomic E-state index is -0.270. The lowest BCUT2D eigenvalue weighted by Crippen LogP contribution is -2.40. The van der Waals surface area contributed by atoms with Gasteiger partial charge in [-0.2, -0.15) is 5.10 Å². The highest BCUT2D eigenvalue weighted by Gasteiger charge is 2.18. The van der Waals surface area contributed by atoms with Gasteiger partial charge in [0.05, 0.1) is 5.69 Å². The summed E-state index contributed by atoms with van der Waals surface area (Å²) in [5.41, 5.74) is 3.38. The van der Waals surface area contributed by atoms with Crippen molar-refractivity contribution in [1.82, 2.24) is 15.1 Å². The maximum absolute atomic E-state index is 12.2. The van der Waals surface area contributed by atoms with E-state index in [4.69, 9.17) is 0 Å². The van der Waals surface area contributed by atoms with E-state index in [1.54, 1.807) is 0 Å². The zero-order valence-corrected chi connectivity index (χ0v) is 14.3. The molecule has 2 rings (SSSR count). The standard InChI is InChI=1S/C18H25N3O/c1-12(2)14-7-9-15(10-8-14)21-13(3)11-16(20-21)17(22)19-18(4,5)6/h7-12H,1-6H3,(H,19,22). The zero-order chi connectivity index (χ0) is 16.5. The predicted molar refractivity (Wildman–Crippen MR) is 89.6 cm³/mol. The molecule has 4 heteroatoms. The van der Waals surface area contributed by atoms with Crippen molar-refractivity contribution in [3.05, 3.63) is 47.3 Å². The van der Waals surface area contributed by atoms with E-state index in [0.717, 1.165) is 11.4 Å². The van der Waals surface area contributed by atoms with E-state index in [1.165, 1.54) is 5.56 Å². The Bertz CT molecular complexity index is 661. The fourth-order valence-corrected chi connectivity index (χ4v) is 2.25. The molecule has 0 spiro atoms. The van der Waals surface area contributed by atoms with E-state index in [2.05, 4.69) is 36.4 Å². The predicted octanol–water partition coefficient (Wildman–Crippen LogP) is 3.83. The molecule has 0 aliphatic rings. The number of hydrogen-bond acceptors (Lipinski definition) is 2. The Morgan fingerprint density at radius 2 is 1.77 bits per heavy atom. The van der Waals surface area contributed by atoms with Gasteiger partial charge in [0.15, 0.2) is 5.69 Å². The van der Waals surface area contributed by atoms with Gasteiger partial charge in [0, 0.05) is 11.2 Å². The molecule has 0 saturated heterocycles. The molecule has 1 aromatic carbocycles. The van der Waals surface area contributed by atoms with E-state index < -0.39 is 0 Å². The molecular formula is C18H25N3O. The first-order valence-corrected chi connectivity index (χ1v) is 7.67. The van der Waals surface area contributed by atoms with Crippen LogP contribution in [0.25, 0.3) is 5.69 Å². The van der Waals surface area contributed by atoms with Gasteiger partial charge in [-0.3, -0.25) is 4.79 Å². The van der Waals surface area contributed by atoms with Crippen LogP contribution in [-0.2, 0) is 0 Å². The molecule has 0 aliphatic carbocycles. The van der Waals surface area contributed by atoms with Gasteiger partial charge >= 0.3 is 0 Å². The summed E-state index contributed by atoms with van der Waals surface area (Å²) < 4.78 is 1.81. The molecule has 0 radical (unpaired) electrons. The van der Waals surface area contributed by atoms with Crippen LogP contribution < -0.4 is 5.32 Å². The molecule has 118 valence electrons. The van der Waals surface area contributed by atoms with Crippen LogP contribution in [-0.4, -0.2) is 21.2 Å². The Hall–Kier alpha value is -2.10. The van der Waals surface area contributed by atoms with Crippen molar-refractivity contribution in [3.63, 3.8) is 0 Å². The molecule has 2 aromatic rings.